The summed E-state index contributed by atoms with van der Waals surface area (Å²) >= 11 is 0. The largest absolute Gasteiger partial charge is 0.374 e. The Labute approximate surface area is 94.1 Å². The van der Waals surface area contributed by atoms with E-state index in [4.69, 9.17) is 16.5 Å². The number of benzene rings is 1. The number of likely N-dealkylation sites (N-methyl/N-ethyl adjacent to an activating group) is 1. The monoisotopic (exact) mass is 215 g/mol. The van der Waals surface area contributed by atoms with Crippen LogP contribution >= 0.6 is 0 Å². The van der Waals surface area contributed by atoms with Gasteiger partial charge in [0, 0.05) is 18.7 Å². The second-order valence-electron chi connectivity index (χ2n) is 3.06. The Morgan fingerprint density at radius 2 is 2.31 bits per heavy atom. The molecule has 0 aliphatic rings. The van der Waals surface area contributed by atoms with E-state index in [0.29, 0.717) is 11.3 Å². The molecule has 0 fully saturated rings. The lowest BCUT2D eigenvalue weighted by Gasteiger charge is -2.07. The molecular formula is C11H13N5. The molecule has 0 spiro atoms. The standard InChI is InChI=1S/C11H13N5/c1-15-11(13)6-10(16-14)9-4-2-3-8(5-9)7-12/h2-6,16H,14H2,1H3,(H2,13,15)/b10-6-. The SMILES string of the molecule is CNC(=N)/C=C(\NN)c1cccc(C#N)c1. The Balaban J connectivity index is 3.09. The van der Waals surface area contributed by atoms with Gasteiger partial charge in [-0.1, -0.05) is 12.1 Å². The van der Waals surface area contributed by atoms with Crippen molar-refractivity contribution >= 4 is 11.5 Å². The van der Waals surface area contributed by atoms with E-state index in [0.717, 1.165) is 5.56 Å². The number of nitrogens with two attached hydrogens (primary N) is 1. The quantitative estimate of drug-likeness (QED) is 0.256. The van der Waals surface area contributed by atoms with Gasteiger partial charge >= 0.3 is 0 Å². The minimum Gasteiger partial charge on any atom is -0.374 e. The van der Waals surface area contributed by atoms with Crippen molar-refractivity contribution in [2.24, 2.45) is 5.84 Å². The first-order valence-electron chi connectivity index (χ1n) is 4.66. The van der Waals surface area contributed by atoms with Crippen molar-refractivity contribution in [3.05, 3.63) is 41.5 Å². The summed E-state index contributed by atoms with van der Waals surface area (Å²) in [4.78, 5) is 0. The van der Waals surface area contributed by atoms with Crippen molar-refractivity contribution in [1.82, 2.24) is 10.7 Å². The zero-order valence-corrected chi connectivity index (χ0v) is 8.91. The van der Waals surface area contributed by atoms with Crippen LogP contribution in [0.4, 0.5) is 0 Å². The van der Waals surface area contributed by atoms with Crippen LogP contribution in [-0.4, -0.2) is 12.9 Å². The van der Waals surface area contributed by atoms with E-state index >= 15 is 0 Å². The van der Waals surface area contributed by atoms with Crippen LogP contribution in [-0.2, 0) is 0 Å². The van der Waals surface area contributed by atoms with Gasteiger partial charge in [-0.3, -0.25) is 11.3 Å². The highest BCUT2D eigenvalue weighted by atomic mass is 15.2. The van der Waals surface area contributed by atoms with E-state index in [1.807, 2.05) is 12.1 Å². The summed E-state index contributed by atoms with van der Waals surface area (Å²) in [5, 5.41) is 18.9. The molecule has 0 heterocycles. The first-order chi connectivity index (χ1) is 7.71. The maximum atomic E-state index is 8.77. The number of nitrogens with one attached hydrogen (secondary N) is 3. The molecule has 0 aromatic heterocycles. The molecule has 0 amide bonds. The predicted molar refractivity (Wildman–Crippen MR) is 63.2 cm³/mol. The van der Waals surface area contributed by atoms with Crippen molar-refractivity contribution in [2.75, 3.05) is 7.05 Å². The Kier molecular flexibility index (Phi) is 4.07. The van der Waals surface area contributed by atoms with Crippen molar-refractivity contribution < 1.29 is 0 Å². The highest BCUT2D eigenvalue weighted by Crippen LogP contribution is 2.12. The lowest BCUT2D eigenvalue weighted by atomic mass is 10.1. The minimum atomic E-state index is 0.232. The number of hydrazine groups is 1. The maximum absolute atomic E-state index is 8.77. The van der Waals surface area contributed by atoms with Crippen LogP contribution in [0, 0.1) is 16.7 Å². The molecule has 5 nitrogen and oxygen atoms in total. The van der Waals surface area contributed by atoms with Gasteiger partial charge in [0.2, 0.25) is 0 Å². The highest BCUT2D eigenvalue weighted by molar-refractivity contribution is 5.96. The van der Waals surface area contributed by atoms with Crippen molar-refractivity contribution in [3.8, 4) is 6.07 Å². The molecule has 5 heteroatoms. The van der Waals surface area contributed by atoms with Gasteiger partial charge in [0.25, 0.3) is 0 Å². The lowest BCUT2D eigenvalue weighted by Crippen LogP contribution is -2.23. The fourth-order valence-electron chi connectivity index (χ4n) is 1.18. The Morgan fingerprint density at radius 3 is 2.88 bits per heavy atom. The van der Waals surface area contributed by atoms with Crippen molar-refractivity contribution in [2.45, 2.75) is 0 Å². The Bertz CT molecular complexity index is 456. The number of hydrogen-bond acceptors (Lipinski definition) is 4. The number of amidine groups is 1. The third kappa shape index (κ3) is 2.83. The lowest BCUT2D eigenvalue weighted by molar-refractivity contribution is 0.990. The third-order valence-electron chi connectivity index (χ3n) is 2.02. The zero-order valence-electron chi connectivity index (χ0n) is 8.91. The summed E-state index contributed by atoms with van der Waals surface area (Å²) in [6.07, 6.45) is 1.55. The summed E-state index contributed by atoms with van der Waals surface area (Å²) in [5.41, 5.74) is 4.40. The van der Waals surface area contributed by atoms with Crippen molar-refractivity contribution in [3.63, 3.8) is 0 Å². The fourth-order valence-corrected chi connectivity index (χ4v) is 1.18. The van der Waals surface area contributed by atoms with Crippen LogP contribution in [0.2, 0.25) is 0 Å². The fraction of sp³-hybridized carbons (Fsp3) is 0.0909. The molecule has 82 valence electrons. The second kappa shape index (κ2) is 5.53. The number of hydrogen-bond donors (Lipinski definition) is 4. The normalized spacial score (nSPS) is 10.4. The molecule has 1 aromatic carbocycles. The zero-order chi connectivity index (χ0) is 12.0. The maximum Gasteiger partial charge on any atom is 0.119 e. The number of nitriles is 1. The van der Waals surface area contributed by atoms with E-state index in [-0.39, 0.29) is 5.84 Å². The van der Waals surface area contributed by atoms with Crippen LogP contribution in [0.25, 0.3) is 5.70 Å². The van der Waals surface area contributed by atoms with E-state index in [1.165, 1.54) is 0 Å². The summed E-state index contributed by atoms with van der Waals surface area (Å²) in [5.74, 6) is 5.61. The van der Waals surface area contributed by atoms with E-state index in [2.05, 4.69) is 10.7 Å². The summed E-state index contributed by atoms with van der Waals surface area (Å²) in [7, 11) is 1.65. The van der Waals surface area contributed by atoms with E-state index in [1.54, 1.807) is 31.3 Å². The molecule has 1 aromatic rings. The molecular weight excluding hydrogens is 202 g/mol. The number of rotatable bonds is 3. The summed E-state index contributed by atoms with van der Waals surface area (Å²) in [6.45, 7) is 0. The van der Waals surface area contributed by atoms with Crippen molar-refractivity contribution in [1.29, 1.82) is 10.7 Å². The molecule has 0 unspecified atom stereocenters. The number of nitrogens with zero attached hydrogens (tertiary/aromatic N) is 1. The predicted octanol–water partition coefficient (Wildman–Crippen LogP) is 0.559. The summed E-state index contributed by atoms with van der Waals surface area (Å²) < 4.78 is 0. The molecule has 0 aliphatic carbocycles. The first-order valence-corrected chi connectivity index (χ1v) is 4.66. The molecule has 0 aliphatic heterocycles. The van der Waals surface area contributed by atoms with Crippen LogP contribution in [0.5, 0.6) is 0 Å². The van der Waals surface area contributed by atoms with Gasteiger partial charge in [0.15, 0.2) is 0 Å². The topological polar surface area (TPSA) is 97.7 Å². The van der Waals surface area contributed by atoms with Gasteiger partial charge in [0.1, 0.15) is 5.84 Å². The van der Waals surface area contributed by atoms with Gasteiger partial charge in [-0.2, -0.15) is 5.26 Å². The minimum absolute atomic E-state index is 0.232. The van der Waals surface area contributed by atoms with Crippen LogP contribution in [0.1, 0.15) is 11.1 Å². The average molecular weight is 215 g/mol. The van der Waals surface area contributed by atoms with Gasteiger partial charge in [0.05, 0.1) is 17.3 Å². The van der Waals surface area contributed by atoms with Crippen LogP contribution in [0.15, 0.2) is 30.3 Å². The molecule has 16 heavy (non-hydrogen) atoms. The molecule has 0 saturated carbocycles. The molecule has 0 saturated heterocycles. The average Bonchev–Trinajstić information content (AvgIpc) is 2.35. The summed E-state index contributed by atoms with van der Waals surface area (Å²) in [6, 6.07) is 9.04. The van der Waals surface area contributed by atoms with Gasteiger partial charge in [-0.05, 0) is 12.1 Å². The van der Waals surface area contributed by atoms with Crippen LogP contribution in [0.3, 0.4) is 0 Å². The molecule has 0 bridgehead atoms. The molecule has 0 atom stereocenters. The molecule has 1 rings (SSSR count). The van der Waals surface area contributed by atoms with Gasteiger partial charge in [-0.25, -0.2) is 0 Å². The van der Waals surface area contributed by atoms with E-state index in [9.17, 15) is 0 Å². The van der Waals surface area contributed by atoms with Crippen LogP contribution < -0.4 is 16.6 Å². The van der Waals surface area contributed by atoms with Gasteiger partial charge < -0.3 is 10.7 Å². The molecule has 5 N–H and O–H groups in total. The Hall–Kier alpha value is -2.32. The molecule has 0 radical (unpaired) electrons. The third-order valence-corrected chi connectivity index (χ3v) is 2.02. The second-order valence-corrected chi connectivity index (χ2v) is 3.06. The first kappa shape index (κ1) is 11.8. The van der Waals surface area contributed by atoms with E-state index < -0.39 is 0 Å². The Morgan fingerprint density at radius 1 is 1.56 bits per heavy atom. The van der Waals surface area contributed by atoms with Gasteiger partial charge in [-0.15, -0.1) is 0 Å². The smallest absolute Gasteiger partial charge is 0.119 e. The highest BCUT2D eigenvalue weighted by Gasteiger charge is 2.01.